The van der Waals surface area contributed by atoms with E-state index >= 15 is 4.39 Å². The molecule has 0 spiro atoms. The Labute approximate surface area is 231 Å². The zero-order valence-corrected chi connectivity index (χ0v) is 22.7. The molecule has 206 valence electrons. The molecule has 1 aromatic carbocycles. The molecule has 0 radical (unpaired) electrons. The number of nitrogens with zero attached hydrogens (tertiary/aromatic N) is 6. The number of hydrogen-bond donors (Lipinski definition) is 2. The van der Waals surface area contributed by atoms with Crippen molar-refractivity contribution in [3.63, 3.8) is 0 Å². The maximum Gasteiger partial charge on any atom is 0.278 e. The van der Waals surface area contributed by atoms with Gasteiger partial charge in [-0.3, -0.25) is 9.69 Å². The van der Waals surface area contributed by atoms with Gasteiger partial charge in [0.05, 0.1) is 12.2 Å². The SMILES string of the molecule is C=CCn1c(=O)c2cnc(Nc3cc4c5c(c3)CN(C)C[C@@]5(F)CCC4)nc2n1-c1ccc2c(n1)[C@](C)(O)CC2. The molecular weight excluding hydrogens is 509 g/mol. The summed E-state index contributed by atoms with van der Waals surface area (Å²) in [5.74, 6) is 0.809. The molecule has 0 bridgehead atoms. The summed E-state index contributed by atoms with van der Waals surface area (Å²) in [7, 11) is 1.95. The molecule has 2 atom stereocenters. The Morgan fingerprint density at radius 2 is 2.00 bits per heavy atom. The Kier molecular flexibility index (Phi) is 5.53. The number of aliphatic hydroxyl groups is 1. The molecule has 0 saturated heterocycles. The van der Waals surface area contributed by atoms with Gasteiger partial charge < -0.3 is 10.4 Å². The van der Waals surface area contributed by atoms with E-state index in [0.717, 1.165) is 47.2 Å². The summed E-state index contributed by atoms with van der Waals surface area (Å²) in [5.41, 5.74) is 3.09. The zero-order chi connectivity index (χ0) is 27.8. The highest BCUT2D eigenvalue weighted by molar-refractivity contribution is 5.77. The Hall–Kier alpha value is -3.89. The van der Waals surface area contributed by atoms with E-state index in [1.165, 1.54) is 10.9 Å². The zero-order valence-electron chi connectivity index (χ0n) is 22.7. The highest BCUT2D eigenvalue weighted by Crippen LogP contribution is 2.45. The van der Waals surface area contributed by atoms with Gasteiger partial charge in [-0.1, -0.05) is 12.1 Å². The normalized spacial score (nSPS) is 23.7. The molecule has 2 aliphatic carbocycles. The van der Waals surface area contributed by atoms with E-state index in [4.69, 9.17) is 9.97 Å². The number of likely N-dealkylation sites (N-methyl/N-ethyl adjacent to an activating group) is 1. The third kappa shape index (κ3) is 3.81. The lowest BCUT2D eigenvalue weighted by Gasteiger charge is -2.41. The molecule has 3 aromatic heterocycles. The van der Waals surface area contributed by atoms with Crippen LogP contribution < -0.4 is 10.9 Å². The van der Waals surface area contributed by atoms with E-state index in [1.54, 1.807) is 17.7 Å². The van der Waals surface area contributed by atoms with E-state index in [0.29, 0.717) is 54.4 Å². The Morgan fingerprint density at radius 3 is 2.83 bits per heavy atom. The number of nitrogens with one attached hydrogen (secondary N) is 1. The Bertz CT molecular complexity index is 1760. The lowest BCUT2D eigenvalue weighted by atomic mass is 9.75. The van der Waals surface area contributed by atoms with Crippen LogP contribution in [0.4, 0.5) is 16.0 Å². The number of pyridine rings is 1. The third-order valence-corrected chi connectivity index (χ3v) is 8.54. The van der Waals surface area contributed by atoms with Gasteiger partial charge in [0.25, 0.3) is 5.56 Å². The van der Waals surface area contributed by atoms with Crippen molar-refractivity contribution in [2.45, 2.75) is 63.4 Å². The monoisotopic (exact) mass is 541 g/mol. The van der Waals surface area contributed by atoms with Crippen molar-refractivity contribution in [3.05, 3.63) is 81.4 Å². The topological polar surface area (TPSA) is 101 Å². The molecule has 9 nitrogen and oxygen atoms in total. The number of rotatable bonds is 5. The van der Waals surface area contributed by atoms with Crippen molar-refractivity contribution >= 4 is 22.7 Å². The van der Waals surface area contributed by atoms with Crippen molar-refractivity contribution in [2.75, 3.05) is 18.9 Å². The Morgan fingerprint density at radius 1 is 1.18 bits per heavy atom. The molecule has 0 amide bonds. The van der Waals surface area contributed by atoms with E-state index < -0.39 is 11.3 Å². The second-order valence-electron chi connectivity index (χ2n) is 11.7. The number of aromatic nitrogens is 5. The van der Waals surface area contributed by atoms with Gasteiger partial charge in [0.1, 0.15) is 16.7 Å². The molecule has 4 aromatic rings. The number of allylic oxidation sites excluding steroid dienone is 1. The summed E-state index contributed by atoms with van der Waals surface area (Å²) in [4.78, 5) is 29.4. The molecule has 3 aliphatic rings. The summed E-state index contributed by atoms with van der Waals surface area (Å²) < 4.78 is 19.1. The lowest BCUT2D eigenvalue weighted by molar-refractivity contribution is 0.0553. The molecule has 1 aliphatic heterocycles. The summed E-state index contributed by atoms with van der Waals surface area (Å²) in [5, 5.41) is 14.5. The molecule has 0 saturated carbocycles. The fourth-order valence-electron chi connectivity index (χ4n) is 6.85. The van der Waals surface area contributed by atoms with Gasteiger partial charge in [-0.05, 0) is 86.5 Å². The summed E-state index contributed by atoms with van der Waals surface area (Å²) in [6.45, 7) is 6.93. The first-order valence-electron chi connectivity index (χ1n) is 13.8. The Balaban J connectivity index is 1.34. The average molecular weight is 542 g/mol. The molecule has 4 heterocycles. The van der Waals surface area contributed by atoms with Gasteiger partial charge in [-0.25, -0.2) is 23.7 Å². The predicted octanol–water partition coefficient (Wildman–Crippen LogP) is 4.01. The third-order valence-electron chi connectivity index (χ3n) is 8.54. The van der Waals surface area contributed by atoms with Gasteiger partial charge in [0.2, 0.25) is 5.95 Å². The standard InChI is InChI=1S/C30H32FN7O2/c1-4-12-37-27(39)22-15-32-28(35-26(22)38(37)23-8-7-18-9-11-29(2,40)25(18)34-23)33-21-13-19-6-5-10-30(31)17-36(3)16-20(14-21)24(19)30/h4,7-8,13-15,40H,1,5-6,9-12,16-17H2,2-3H3,(H,32,33,35)/t29-,30+/m1/s1. The van der Waals surface area contributed by atoms with Crippen molar-refractivity contribution in [2.24, 2.45) is 0 Å². The quantitative estimate of drug-likeness (QED) is 0.368. The van der Waals surface area contributed by atoms with E-state index in [-0.39, 0.29) is 12.1 Å². The number of alkyl halides is 1. The van der Waals surface area contributed by atoms with Crippen LogP contribution in [0.1, 0.15) is 54.1 Å². The fourth-order valence-corrected chi connectivity index (χ4v) is 6.85. The molecule has 7 rings (SSSR count). The minimum atomic E-state index is -1.30. The van der Waals surface area contributed by atoms with Crippen molar-refractivity contribution in [3.8, 4) is 5.82 Å². The molecule has 10 heteroatoms. The summed E-state index contributed by atoms with van der Waals surface area (Å²) in [6.07, 6.45) is 6.72. The van der Waals surface area contributed by atoms with Crippen LogP contribution in [0.15, 0.2) is 47.9 Å². The average Bonchev–Trinajstić information content (AvgIpc) is 3.35. The molecule has 2 N–H and O–H groups in total. The lowest BCUT2D eigenvalue weighted by Crippen LogP contribution is -2.43. The summed E-state index contributed by atoms with van der Waals surface area (Å²) >= 11 is 0. The van der Waals surface area contributed by atoms with Crippen LogP contribution in [0.25, 0.3) is 16.9 Å². The molecule has 40 heavy (non-hydrogen) atoms. The minimum Gasteiger partial charge on any atom is -0.384 e. The maximum atomic E-state index is 15.9. The molecule has 0 unspecified atom stereocenters. The van der Waals surface area contributed by atoms with Crippen LogP contribution in [0.3, 0.4) is 0 Å². The number of halogens is 1. The highest BCUT2D eigenvalue weighted by atomic mass is 19.1. The smallest absolute Gasteiger partial charge is 0.278 e. The first kappa shape index (κ1) is 25.1. The number of hydrogen-bond acceptors (Lipinski definition) is 7. The second-order valence-corrected chi connectivity index (χ2v) is 11.7. The number of fused-ring (bicyclic) bond motifs is 2. The van der Waals surface area contributed by atoms with Gasteiger partial charge in [0.15, 0.2) is 11.5 Å². The predicted molar refractivity (Wildman–Crippen MR) is 151 cm³/mol. The second kappa shape index (κ2) is 8.81. The van der Waals surface area contributed by atoms with Gasteiger partial charge in [-0.15, -0.1) is 6.58 Å². The highest BCUT2D eigenvalue weighted by Gasteiger charge is 2.42. The number of aryl methyl sites for hydroxylation is 2. The van der Waals surface area contributed by atoms with Gasteiger partial charge in [-0.2, -0.15) is 4.98 Å². The van der Waals surface area contributed by atoms with E-state index in [1.807, 2.05) is 36.2 Å². The first-order valence-corrected chi connectivity index (χ1v) is 13.8. The van der Waals surface area contributed by atoms with Gasteiger partial charge >= 0.3 is 0 Å². The van der Waals surface area contributed by atoms with E-state index in [9.17, 15) is 9.90 Å². The first-order chi connectivity index (χ1) is 19.2. The minimum absolute atomic E-state index is 0.250. The largest absolute Gasteiger partial charge is 0.384 e. The van der Waals surface area contributed by atoms with Crippen LogP contribution in [0.2, 0.25) is 0 Å². The number of benzene rings is 1. The van der Waals surface area contributed by atoms with Crippen molar-refractivity contribution in [1.82, 2.24) is 29.2 Å². The van der Waals surface area contributed by atoms with Crippen LogP contribution in [-0.2, 0) is 37.2 Å². The molecular formula is C30H32FN7O2. The summed E-state index contributed by atoms with van der Waals surface area (Å²) in [6, 6.07) is 7.80. The van der Waals surface area contributed by atoms with E-state index in [2.05, 4.69) is 16.9 Å². The maximum absolute atomic E-state index is 15.9. The molecule has 0 fully saturated rings. The fraction of sp³-hybridized carbons (Fsp3) is 0.400. The van der Waals surface area contributed by atoms with Crippen LogP contribution >= 0.6 is 0 Å². The van der Waals surface area contributed by atoms with Crippen LogP contribution in [-0.4, -0.2) is 47.9 Å². The van der Waals surface area contributed by atoms with Crippen molar-refractivity contribution < 1.29 is 9.50 Å². The van der Waals surface area contributed by atoms with Crippen LogP contribution in [0.5, 0.6) is 0 Å². The number of anilines is 2. The van der Waals surface area contributed by atoms with Crippen molar-refractivity contribution in [1.29, 1.82) is 0 Å². The van der Waals surface area contributed by atoms with Gasteiger partial charge in [0, 0.05) is 25.0 Å². The van der Waals surface area contributed by atoms with Crippen LogP contribution in [0, 0.1) is 0 Å².